The summed E-state index contributed by atoms with van der Waals surface area (Å²) in [6.45, 7) is 1.84. The fourth-order valence-corrected chi connectivity index (χ4v) is 3.47. The smallest absolute Gasteiger partial charge is 0.254 e. The molecule has 25 heavy (non-hydrogen) atoms. The van der Waals surface area contributed by atoms with Gasteiger partial charge < -0.3 is 4.90 Å². The quantitative estimate of drug-likeness (QED) is 0.566. The zero-order valence-electron chi connectivity index (χ0n) is 13.7. The summed E-state index contributed by atoms with van der Waals surface area (Å²) in [5.74, 6) is 1.67. The molecule has 5 rings (SSSR count). The number of benzene rings is 2. The molecule has 3 heterocycles. The lowest BCUT2D eigenvalue weighted by atomic mass is 10.00. The first-order chi connectivity index (χ1) is 12.4. The molecule has 0 fully saturated rings. The van der Waals surface area contributed by atoms with Gasteiger partial charge in [0.15, 0.2) is 0 Å². The van der Waals surface area contributed by atoms with Crippen molar-refractivity contribution in [2.75, 3.05) is 11.4 Å². The highest BCUT2D eigenvalue weighted by Gasteiger charge is 2.20. The van der Waals surface area contributed by atoms with E-state index in [0.29, 0.717) is 5.78 Å². The minimum Gasteiger partial charge on any atom is -0.352 e. The highest BCUT2D eigenvalue weighted by Crippen LogP contribution is 2.27. The summed E-state index contributed by atoms with van der Waals surface area (Å²) < 4.78 is 1.83. The molecule has 5 nitrogen and oxygen atoms in total. The lowest BCUT2D eigenvalue weighted by Gasteiger charge is -2.30. The molecule has 0 radical (unpaired) electrons. The number of nitrogens with zero attached hydrogens (tertiary/aromatic N) is 5. The molecule has 0 amide bonds. The van der Waals surface area contributed by atoms with Crippen molar-refractivity contribution in [3.05, 3.63) is 78.1 Å². The molecule has 1 aliphatic heterocycles. The molecule has 0 aliphatic carbocycles. The van der Waals surface area contributed by atoms with Crippen LogP contribution in [0.1, 0.15) is 11.1 Å². The third-order valence-corrected chi connectivity index (χ3v) is 4.76. The maximum atomic E-state index is 4.67. The first kappa shape index (κ1) is 14.2. The van der Waals surface area contributed by atoms with Gasteiger partial charge in [-0.3, -0.25) is 0 Å². The second-order valence-corrected chi connectivity index (χ2v) is 6.28. The molecule has 0 atom stereocenters. The Morgan fingerprint density at radius 3 is 2.56 bits per heavy atom. The van der Waals surface area contributed by atoms with Gasteiger partial charge in [-0.05, 0) is 17.5 Å². The van der Waals surface area contributed by atoms with Crippen LogP contribution < -0.4 is 4.90 Å². The summed E-state index contributed by atoms with van der Waals surface area (Å²) in [4.78, 5) is 11.3. The lowest BCUT2D eigenvalue weighted by molar-refractivity contribution is 0.703. The summed E-state index contributed by atoms with van der Waals surface area (Å²) >= 11 is 0. The van der Waals surface area contributed by atoms with E-state index in [1.165, 1.54) is 11.1 Å². The van der Waals surface area contributed by atoms with Crippen LogP contribution in [0, 0.1) is 0 Å². The molecular weight excluding hydrogens is 310 g/mol. The van der Waals surface area contributed by atoms with E-state index in [0.717, 1.165) is 36.6 Å². The van der Waals surface area contributed by atoms with Crippen LogP contribution in [0.25, 0.3) is 17.0 Å². The standard InChI is InChI=1S/C20H17N5/c1-2-7-16(8-3-1)18-12-19(25-20(23-18)21-14-22-25)24-11-10-15-6-4-5-9-17(15)13-24/h1-9,12,14H,10-11,13H2. The largest absolute Gasteiger partial charge is 0.352 e. The molecule has 0 N–H and O–H groups in total. The van der Waals surface area contributed by atoms with Crippen LogP contribution >= 0.6 is 0 Å². The Morgan fingerprint density at radius 2 is 1.68 bits per heavy atom. The molecule has 0 saturated carbocycles. The number of hydrogen-bond donors (Lipinski definition) is 0. The number of aromatic nitrogens is 4. The summed E-state index contributed by atoms with van der Waals surface area (Å²) in [7, 11) is 0. The molecule has 0 bridgehead atoms. The van der Waals surface area contributed by atoms with Crippen LogP contribution in [0.4, 0.5) is 5.82 Å². The molecule has 4 aromatic rings. The molecule has 5 heteroatoms. The van der Waals surface area contributed by atoms with E-state index in [4.69, 9.17) is 0 Å². The number of fused-ring (bicyclic) bond motifs is 2. The Balaban J connectivity index is 1.62. The van der Waals surface area contributed by atoms with Gasteiger partial charge in [0.1, 0.15) is 12.1 Å². The van der Waals surface area contributed by atoms with Gasteiger partial charge in [0.25, 0.3) is 5.78 Å². The van der Waals surface area contributed by atoms with E-state index in [1.807, 2.05) is 22.7 Å². The van der Waals surface area contributed by atoms with Gasteiger partial charge >= 0.3 is 0 Å². The van der Waals surface area contributed by atoms with Crippen molar-refractivity contribution in [1.82, 2.24) is 19.6 Å². The fourth-order valence-electron chi connectivity index (χ4n) is 3.47. The van der Waals surface area contributed by atoms with Crippen molar-refractivity contribution >= 4 is 11.6 Å². The van der Waals surface area contributed by atoms with Gasteiger partial charge in [-0.1, -0.05) is 54.6 Å². The van der Waals surface area contributed by atoms with Gasteiger partial charge in [0.05, 0.1) is 5.69 Å². The van der Waals surface area contributed by atoms with Gasteiger partial charge in [-0.15, -0.1) is 0 Å². The maximum absolute atomic E-state index is 4.67. The normalized spacial score (nSPS) is 13.8. The van der Waals surface area contributed by atoms with Crippen molar-refractivity contribution in [1.29, 1.82) is 0 Å². The van der Waals surface area contributed by atoms with Crippen molar-refractivity contribution in [2.45, 2.75) is 13.0 Å². The Kier molecular flexibility index (Phi) is 3.23. The lowest BCUT2D eigenvalue weighted by Crippen LogP contribution is -2.32. The van der Waals surface area contributed by atoms with E-state index in [-0.39, 0.29) is 0 Å². The monoisotopic (exact) mass is 327 g/mol. The minimum absolute atomic E-state index is 0.634. The Labute approximate surface area is 145 Å². The van der Waals surface area contributed by atoms with Gasteiger partial charge in [0.2, 0.25) is 0 Å². The molecule has 0 saturated heterocycles. The number of anilines is 1. The van der Waals surface area contributed by atoms with Crippen LogP contribution in [-0.2, 0) is 13.0 Å². The van der Waals surface area contributed by atoms with Crippen LogP contribution in [0.3, 0.4) is 0 Å². The summed E-state index contributed by atoms with van der Waals surface area (Å²) in [6.07, 6.45) is 2.61. The molecule has 0 unspecified atom stereocenters. The first-order valence-electron chi connectivity index (χ1n) is 8.46. The summed E-state index contributed by atoms with van der Waals surface area (Å²) in [6, 6.07) is 21.0. The maximum Gasteiger partial charge on any atom is 0.254 e. The van der Waals surface area contributed by atoms with Crippen LogP contribution in [0.5, 0.6) is 0 Å². The van der Waals surface area contributed by atoms with Crippen molar-refractivity contribution in [2.24, 2.45) is 0 Å². The highest BCUT2D eigenvalue weighted by molar-refractivity contribution is 5.66. The summed E-state index contributed by atoms with van der Waals surface area (Å²) in [5, 5.41) is 4.39. The second-order valence-electron chi connectivity index (χ2n) is 6.28. The Morgan fingerprint density at radius 1 is 0.880 bits per heavy atom. The van der Waals surface area contributed by atoms with Crippen LogP contribution in [-0.4, -0.2) is 26.1 Å². The average molecular weight is 327 g/mol. The average Bonchev–Trinajstić information content (AvgIpc) is 3.16. The van der Waals surface area contributed by atoms with Crippen molar-refractivity contribution in [3.8, 4) is 11.3 Å². The first-order valence-corrected chi connectivity index (χ1v) is 8.46. The van der Waals surface area contributed by atoms with Gasteiger partial charge in [-0.2, -0.15) is 14.6 Å². The third-order valence-electron chi connectivity index (χ3n) is 4.76. The van der Waals surface area contributed by atoms with Crippen molar-refractivity contribution in [3.63, 3.8) is 0 Å². The zero-order valence-corrected chi connectivity index (χ0v) is 13.7. The predicted octanol–water partition coefficient (Wildman–Crippen LogP) is 3.35. The van der Waals surface area contributed by atoms with Gasteiger partial charge in [-0.25, -0.2) is 4.98 Å². The zero-order chi connectivity index (χ0) is 16.6. The molecule has 1 aliphatic rings. The summed E-state index contributed by atoms with van der Waals surface area (Å²) in [5.41, 5.74) is 4.83. The van der Waals surface area contributed by atoms with E-state index in [2.05, 4.69) is 62.4 Å². The molecule has 2 aromatic heterocycles. The topological polar surface area (TPSA) is 46.3 Å². The minimum atomic E-state index is 0.634. The SMILES string of the molecule is c1ccc(-c2cc(N3CCc4ccccc4C3)n3ncnc3n2)cc1. The van der Waals surface area contributed by atoms with Gasteiger partial charge in [0, 0.05) is 24.7 Å². The Bertz CT molecular complexity index is 1040. The molecular formula is C20H17N5. The molecule has 0 spiro atoms. The highest BCUT2D eigenvalue weighted by atomic mass is 15.4. The van der Waals surface area contributed by atoms with E-state index < -0.39 is 0 Å². The van der Waals surface area contributed by atoms with E-state index in [1.54, 1.807) is 6.33 Å². The molecule has 2 aromatic carbocycles. The fraction of sp³-hybridized carbons (Fsp3) is 0.150. The van der Waals surface area contributed by atoms with Crippen LogP contribution in [0.2, 0.25) is 0 Å². The van der Waals surface area contributed by atoms with E-state index >= 15 is 0 Å². The molecule has 122 valence electrons. The van der Waals surface area contributed by atoms with Crippen molar-refractivity contribution < 1.29 is 0 Å². The van der Waals surface area contributed by atoms with E-state index in [9.17, 15) is 0 Å². The second kappa shape index (κ2) is 5.70. The predicted molar refractivity (Wildman–Crippen MR) is 97.4 cm³/mol. The third kappa shape index (κ3) is 2.45. The number of hydrogen-bond acceptors (Lipinski definition) is 4. The number of rotatable bonds is 2. The Hall–Kier alpha value is -3.21. The van der Waals surface area contributed by atoms with Crippen LogP contribution in [0.15, 0.2) is 67.0 Å².